The summed E-state index contributed by atoms with van der Waals surface area (Å²) in [6.07, 6.45) is 4.64. The molecule has 0 spiro atoms. The molecule has 1 heterocycles. The molecule has 1 saturated carbocycles. The van der Waals surface area contributed by atoms with Crippen LogP contribution in [0.25, 0.3) is 0 Å². The van der Waals surface area contributed by atoms with E-state index in [2.05, 4.69) is 43.0 Å². The molecule has 1 aliphatic carbocycles. The van der Waals surface area contributed by atoms with E-state index in [1.165, 1.54) is 24.8 Å². The number of benzene rings is 1. The minimum atomic E-state index is -0.421. The van der Waals surface area contributed by atoms with Gasteiger partial charge < -0.3 is 9.84 Å². The van der Waals surface area contributed by atoms with E-state index in [4.69, 9.17) is 4.74 Å². The zero-order chi connectivity index (χ0) is 14.8. The predicted molar refractivity (Wildman–Crippen MR) is 84.3 cm³/mol. The Hall–Kier alpha value is -0.900. The first-order valence-electron chi connectivity index (χ1n) is 8.35. The number of ether oxygens (including phenoxy) is 1. The smallest absolute Gasteiger partial charge is 0.0942 e. The number of hydrogen-bond acceptors (Lipinski definition) is 3. The summed E-state index contributed by atoms with van der Waals surface area (Å²) < 4.78 is 5.87. The fourth-order valence-electron chi connectivity index (χ4n) is 3.87. The van der Waals surface area contributed by atoms with Crippen LogP contribution in [0.2, 0.25) is 0 Å². The van der Waals surface area contributed by atoms with E-state index in [0.717, 1.165) is 25.1 Å². The standard InChI is InChI=1S/C18H27NO2/c1-3-14-7-9-15(10-8-14)18(20)13(2)19-11-12-21-17-6-4-5-16(17)19/h7-10,13,16-18,20H,3-6,11-12H2,1-2H3. The molecule has 3 heteroatoms. The van der Waals surface area contributed by atoms with Crippen molar-refractivity contribution in [2.45, 2.75) is 63.8 Å². The first kappa shape index (κ1) is 15.0. The second-order valence-corrected chi connectivity index (χ2v) is 6.43. The van der Waals surface area contributed by atoms with Crippen LogP contribution >= 0.6 is 0 Å². The van der Waals surface area contributed by atoms with Gasteiger partial charge in [0.2, 0.25) is 0 Å². The minimum absolute atomic E-state index is 0.145. The Morgan fingerprint density at radius 2 is 2.05 bits per heavy atom. The molecule has 1 aromatic rings. The fraction of sp³-hybridized carbons (Fsp3) is 0.667. The van der Waals surface area contributed by atoms with Gasteiger partial charge in [-0.2, -0.15) is 0 Å². The molecule has 0 amide bonds. The van der Waals surface area contributed by atoms with Crippen molar-refractivity contribution in [1.29, 1.82) is 0 Å². The SMILES string of the molecule is CCc1ccc(C(O)C(C)N2CCOC3CCCC32)cc1. The highest BCUT2D eigenvalue weighted by Gasteiger charge is 2.39. The van der Waals surface area contributed by atoms with Gasteiger partial charge in [0.1, 0.15) is 0 Å². The van der Waals surface area contributed by atoms with Crippen molar-refractivity contribution in [3.05, 3.63) is 35.4 Å². The minimum Gasteiger partial charge on any atom is -0.387 e. The molecule has 3 nitrogen and oxygen atoms in total. The molecule has 2 aliphatic rings. The van der Waals surface area contributed by atoms with Gasteiger partial charge in [0, 0.05) is 18.6 Å². The average molecular weight is 289 g/mol. The highest BCUT2D eigenvalue weighted by molar-refractivity contribution is 5.25. The van der Waals surface area contributed by atoms with Crippen molar-refractivity contribution in [1.82, 2.24) is 4.90 Å². The lowest BCUT2D eigenvalue weighted by Crippen LogP contribution is -2.53. The van der Waals surface area contributed by atoms with E-state index in [-0.39, 0.29) is 6.04 Å². The van der Waals surface area contributed by atoms with Gasteiger partial charge in [-0.3, -0.25) is 4.90 Å². The van der Waals surface area contributed by atoms with Crippen LogP contribution < -0.4 is 0 Å². The van der Waals surface area contributed by atoms with Crippen LogP contribution in [0.5, 0.6) is 0 Å². The lowest BCUT2D eigenvalue weighted by molar-refractivity contribution is -0.0885. The molecule has 1 aliphatic heterocycles. The van der Waals surface area contributed by atoms with Gasteiger partial charge in [-0.15, -0.1) is 0 Å². The van der Waals surface area contributed by atoms with Crippen molar-refractivity contribution in [3.63, 3.8) is 0 Å². The molecule has 4 atom stereocenters. The van der Waals surface area contributed by atoms with Gasteiger partial charge >= 0.3 is 0 Å². The van der Waals surface area contributed by atoms with Gasteiger partial charge in [-0.05, 0) is 43.7 Å². The van der Waals surface area contributed by atoms with Crippen molar-refractivity contribution in [2.75, 3.05) is 13.2 Å². The van der Waals surface area contributed by atoms with Crippen molar-refractivity contribution in [2.24, 2.45) is 0 Å². The summed E-state index contributed by atoms with van der Waals surface area (Å²) in [6, 6.07) is 9.05. The third-order valence-electron chi connectivity index (χ3n) is 5.23. The van der Waals surface area contributed by atoms with Gasteiger partial charge in [0.25, 0.3) is 0 Å². The van der Waals surface area contributed by atoms with Crippen LogP contribution in [0.15, 0.2) is 24.3 Å². The first-order chi connectivity index (χ1) is 10.2. The average Bonchev–Trinajstić information content (AvgIpc) is 3.02. The molecule has 1 N–H and O–H groups in total. The number of aliphatic hydroxyl groups is 1. The molecule has 116 valence electrons. The van der Waals surface area contributed by atoms with E-state index < -0.39 is 6.10 Å². The number of morpholine rings is 1. The number of fused-ring (bicyclic) bond motifs is 1. The molecule has 3 rings (SSSR count). The molecular formula is C18H27NO2. The summed E-state index contributed by atoms with van der Waals surface area (Å²) in [5.74, 6) is 0. The predicted octanol–water partition coefficient (Wildman–Crippen LogP) is 2.92. The topological polar surface area (TPSA) is 32.7 Å². The quantitative estimate of drug-likeness (QED) is 0.925. The molecule has 0 bridgehead atoms. The van der Waals surface area contributed by atoms with Crippen molar-refractivity contribution >= 4 is 0 Å². The van der Waals surface area contributed by atoms with Crippen LogP contribution in [0.3, 0.4) is 0 Å². The summed E-state index contributed by atoms with van der Waals surface area (Å²) in [4.78, 5) is 2.47. The third kappa shape index (κ3) is 3.01. The number of aliphatic hydroxyl groups excluding tert-OH is 1. The maximum Gasteiger partial charge on any atom is 0.0942 e. The Balaban J connectivity index is 1.72. The van der Waals surface area contributed by atoms with E-state index in [0.29, 0.717) is 12.1 Å². The molecule has 0 radical (unpaired) electrons. The fourth-order valence-corrected chi connectivity index (χ4v) is 3.87. The van der Waals surface area contributed by atoms with Gasteiger partial charge in [0.05, 0.1) is 18.8 Å². The third-order valence-corrected chi connectivity index (χ3v) is 5.23. The number of aryl methyl sites for hydroxylation is 1. The van der Waals surface area contributed by atoms with Crippen LogP contribution in [0, 0.1) is 0 Å². The maximum atomic E-state index is 10.7. The first-order valence-corrected chi connectivity index (χ1v) is 8.35. The highest BCUT2D eigenvalue weighted by atomic mass is 16.5. The Morgan fingerprint density at radius 3 is 2.76 bits per heavy atom. The molecular weight excluding hydrogens is 262 g/mol. The van der Waals surface area contributed by atoms with Crippen molar-refractivity contribution < 1.29 is 9.84 Å². The van der Waals surface area contributed by atoms with Crippen LogP contribution in [0.4, 0.5) is 0 Å². The zero-order valence-electron chi connectivity index (χ0n) is 13.2. The van der Waals surface area contributed by atoms with E-state index in [1.54, 1.807) is 0 Å². The zero-order valence-corrected chi connectivity index (χ0v) is 13.2. The largest absolute Gasteiger partial charge is 0.387 e. The molecule has 21 heavy (non-hydrogen) atoms. The summed E-state index contributed by atoms with van der Waals surface area (Å²) in [6.45, 7) is 6.04. The molecule has 0 aromatic heterocycles. The number of nitrogens with zero attached hydrogens (tertiary/aromatic N) is 1. The van der Waals surface area contributed by atoms with Crippen LogP contribution in [0.1, 0.15) is 50.3 Å². The number of hydrogen-bond donors (Lipinski definition) is 1. The Kier molecular flexibility index (Phi) is 4.63. The van der Waals surface area contributed by atoms with E-state index >= 15 is 0 Å². The van der Waals surface area contributed by atoms with Gasteiger partial charge in [-0.1, -0.05) is 31.2 Å². The summed E-state index contributed by atoms with van der Waals surface area (Å²) in [5, 5.41) is 10.7. The summed E-state index contributed by atoms with van der Waals surface area (Å²) in [5.41, 5.74) is 2.35. The van der Waals surface area contributed by atoms with Crippen molar-refractivity contribution in [3.8, 4) is 0 Å². The van der Waals surface area contributed by atoms with Gasteiger partial charge in [-0.25, -0.2) is 0 Å². The Morgan fingerprint density at radius 1 is 1.29 bits per heavy atom. The van der Waals surface area contributed by atoms with E-state index in [1.807, 2.05) is 0 Å². The monoisotopic (exact) mass is 289 g/mol. The number of rotatable bonds is 4. The molecule has 4 unspecified atom stereocenters. The highest BCUT2D eigenvalue weighted by Crippen LogP contribution is 2.33. The van der Waals surface area contributed by atoms with Crippen LogP contribution in [-0.4, -0.2) is 41.3 Å². The second-order valence-electron chi connectivity index (χ2n) is 6.43. The van der Waals surface area contributed by atoms with Gasteiger partial charge in [0.15, 0.2) is 0 Å². The second kappa shape index (κ2) is 6.47. The Bertz CT molecular complexity index is 459. The lowest BCUT2D eigenvalue weighted by atomic mass is 9.98. The lowest BCUT2D eigenvalue weighted by Gasteiger charge is -2.43. The Labute approximate surface area is 127 Å². The molecule has 1 saturated heterocycles. The summed E-state index contributed by atoms with van der Waals surface area (Å²) >= 11 is 0. The normalized spacial score (nSPS) is 29.1. The molecule has 2 fully saturated rings. The molecule has 1 aromatic carbocycles. The van der Waals surface area contributed by atoms with Crippen LogP contribution in [-0.2, 0) is 11.2 Å². The van der Waals surface area contributed by atoms with E-state index in [9.17, 15) is 5.11 Å². The maximum absolute atomic E-state index is 10.7. The summed E-state index contributed by atoms with van der Waals surface area (Å²) in [7, 11) is 0.